The Bertz CT molecular complexity index is 249. The van der Waals surface area contributed by atoms with E-state index < -0.39 is 0 Å². The summed E-state index contributed by atoms with van der Waals surface area (Å²) in [5.41, 5.74) is 0.860. The molecular formula is C6H10MgN2O2. The number of hydrogen-bond donors (Lipinski definition) is 2. The van der Waals surface area contributed by atoms with Crippen LogP contribution in [0.2, 0.25) is 0 Å². The lowest BCUT2D eigenvalue weighted by Gasteiger charge is -2.08. The van der Waals surface area contributed by atoms with Gasteiger partial charge in [0.1, 0.15) is 0 Å². The van der Waals surface area contributed by atoms with E-state index in [0.29, 0.717) is 6.54 Å². The van der Waals surface area contributed by atoms with E-state index >= 15 is 0 Å². The second kappa shape index (κ2) is 3.42. The molecule has 2 heterocycles. The molecule has 0 unspecified atom stereocenters. The minimum Gasteiger partial charge on any atom is -0.491 e. The maximum Gasteiger partial charge on any atom is 0.316 e. The van der Waals surface area contributed by atoms with Crippen LogP contribution < -0.4 is 5.32 Å². The second-order valence-corrected chi connectivity index (χ2v) is 2.33. The van der Waals surface area contributed by atoms with Crippen LogP contribution in [-0.4, -0.2) is 39.9 Å². The lowest BCUT2D eigenvalue weighted by molar-refractivity contribution is 0.336. The van der Waals surface area contributed by atoms with Gasteiger partial charge in [-0.3, -0.25) is 0 Å². The summed E-state index contributed by atoms with van der Waals surface area (Å²) >= 11 is 0. The van der Waals surface area contributed by atoms with E-state index in [0.717, 1.165) is 24.3 Å². The standard InChI is InChI=1S/C6H8N2O2.Mg.2H/c9-6-4-1-2-7-3-5(4)10-8-6;;;/h7H,1-3H2,(H,8,9);;;. The van der Waals surface area contributed by atoms with Crippen molar-refractivity contribution in [1.29, 1.82) is 0 Å². The monoisotopic (exact) mass is 166 g/mol. The minimum absolute atomic E-state index is 0. The first-order valence-electron chi connectivity index (χ1n) is 3.25. The third kappa shape index (κ3) is 1.50. The van der Waals surface area contributed by atoms with E-state index in [4.69, 9.17) is 9.63 Å². The zero-order chi connectivity index (χ0) is 6.97. The Balaban J connectivity index is 0.000000605. The van der Waals surface area contributed by atoms with Crippen molar-refractivity contribution in [3.63, 3.8) is 0 Å². The highest BCUT2D eigenvalue weighted by Gasteiger charge is 2.17. The van der Waals surface area contributed by atoms with Crippen LogP contribution in [0.3, 0.4) is 0 Å². The Morgan fingerprint density at radius 2 is 2.36 bits per heavy atom. The van der Waals surface area contributed by atoms with Crippen LogP contribution in [0.4, 0.5) is 0 Å². The Hall–Kier alpha value is -0.264. The van der Waals surface area contributed by atoms with Crippen molar-refractivity contribution in [3.8, 4) is 5.88 Å². The molecule has 0 saturated carbocycles. The van der Waals surface area contributed by atoms with Gasteiger partial charge in [0.2, 0.25) is 0 Å². The van der Waals surface area contributed by atoms with E-state index in [1.807, 2.05) is 0 Å². The normalized spacial score (nSPS) is 15.3. The highest BCUT2D eigenvalue weighted by Crippen LogP contribution is 2.22. The molecule has 0 fully saturated rings. The zero-order valence-electron chi connectivity index (χ0n) is 5.42. The van der Waals surface area contributed by atoms with Crippen molar-refractivity contribution in [2.24, 2.45) is 0 Å². The molecule has 0 aliphatic carbocycles. The first-order valence-corrected chi connectivity index (χ1v) is 3.25. The molecule has 4 nitrogen and oxygen atoms in total. The van der Waals surface area contributed by atoms with Crippen molar-refractivity contribution >= 4 is 23.1 Å². The maximum atomic E-state index is 9.06. The largest absolute Gasteiger partial charge is 0.491 e. The van der Waals surface area contributed by atoms with Crippen molar-refractivity contribution in [2.75, 3.05) is 6.54 Å². The maximum absolute atomic E-state index is 9.06. The van der Waals surface area contributed by atoms with Gasteiger partial charge in [0.15, 0.2) is 5.76 Å². The van der Waals surface area contributed by atoms with E-state index in [9.17, 15) is 0 Å². The molecule has 58 valence electrons. The predicted molar refractivity (Wildman–Crippen MR) is 42.1 cm³/mol. The summed E-state index contributed by atoms with van der Waals surface area (Å²) < 4.78 is 4.82. The van der Waals surface area contributed by atoms with Crippen LogP contribution in [0.15, 0.2) is 4.52 Å². The summed E-state index contributed by atoms with van der Waals surface area (Å²) in [7, 11) is 0. The molecule has 0 radical (unpaired) electrons. The molecule has 0 spiro atoms. The molecule has 1 aromatic rings. The number of fused-ring (bicyclic) bond motifs is 1. The van der Waals surface area contributed by atoms with E-state index in [1.54, 1.807) is 0 Å². The number of rotatable bonds is 0. The summed E-state index contributed by atoms with van der Waals surface area (Å²) in [5.74, 6) is 0.820. The molecule has 0 atom stereocenters. The lowest BCUT2D eigenvalue weighted by atomic mass is 10.1. The van der Waals surface area contributed by atoms with Crippen LogP contribution in [0.25, 0.3) is 0 Å². The topological polar surface area (TPSA) is 58.3 Å². The lowest BCUT2D eigenvalue weighted by Crippen LogP contribution is -2.22. The highest BCUT2D eigenvalue weighted by atomic mass is 24.3. The molecule has 1 aliphatic heterocycles. The van der Waals surface area contributed by atoms with E-state index in [1.165, 1.54) is 0 Å². The number of hydrogen-bond acceptors (Lipinski definition) is 4. The van der Waals surface area contributed by atoms with Crippen molar-refractivity contribution in [3.05, 3.63) is 11.3 Å². The van der Waals surface area contributed by atoms with Gasteiger partial charge < -0.3 is 14.9 Å². The molecule has 11 heavy (non-hydrogen) atoms. The van der Waals surface area contributed by atoms with Gasteiger partial charge in [-0.25, -0.2) is 0 Å². The van der Waals surface area contributed by atoms with Gasteiger partial charge in [0, 0.05) is 0 Å². The zero-order valence-corrected chi connectivity index (χ0v) is 5.42. The molecule has 2 N–H and O–H groups in total. The Morgan fingerprint density at radius 1 is 1.55 bits per heavy atom. The fourth-order valence-electron chi connectivity index (χ4n) is 1.14. The van der Waals surface area contributed by atoms with Gasteiger partial charge in [-0.05, 0) is 18.1 Å². The van der Waals surface area contributed by atoms with Crippen LogP contribution in [0, 0.1) is 0 Å². The average Bonchev–Trinajstić information content (AvgIpc) is 2.34. The third-order valence-corrected chi connectivity index (χ3v) is 1.69. The van der Waals surface area contributed by atoms with Crippen LogP contribution in [-0.2, 0) is 13.0 Å². The van der Waals surface area contributed by atoms with Gasteiger partial charge in [-0.1, -0.05) is 0 Å². The SMILES string of the molecule is Oc1noc2c1CCNC2.[MgH2]. The smallest absolute Gasteiger partial charge is 0.316 e. The first kappa shape index (κ1) is 8.83. The number of aromatic hydroxyl groups is 1. The van der Waals surface area contributed by atoms with Crippen LogP contribution in [0.5, 0.6) is 5.88 Å². The molecule has 5 heteroatoms. The summed E-state index contributed by atoms with van der Waals surface area (Å²) in [6.45, 7) is 1.57. The number of nitrogens with one attached hydrogen (secondary N) is 1. The van der Waals surface area contributed by atoms with Gasteiger partial charge in [-0.15, -0.1) is 0 Å². The van der Waals surface area contributed by atoms with E-state index in [2.05, 4.69) is 10.5 Å². The Kier molecular flexibility index (Phi) is 2.75. The van der Waals surface area contributed by atoms with Gasteiger partial charge in [0.05, 0.1) is 12.1 Å². The summed E-state index contributed by atoms with van der Waals surface area (Å²) in [4.78, 5) is 0. The molecule has 2 rings (SSSR count). The number of nitrogens with zero attached hydrogens (tertiary/aromatic N) is 1. The van der Waals surface area contributed by atoms with Crippen molar-refractivity contribution in [1.82, 2.24) is 10.5 Å². The molecule has 0 bridgehead atoms. The first-order chi connectivity index (χ1) is 4.88. The fraction of sp³-hybridized carbons (Fsp3) is 0.500. The molecule has 1 aromatic heterocycles. The number of aromatic nitrogens is 1. The van der Waals surface area contributed by atoms with Gasteiger partial charge >= 0.3 is 23.1 Å². The average molecular weight is 166 g/mol. The molecule has 0 aromatic carbocycles. The van der Waals surface area contributed by atoms with Crippen LogP contribution >= 0.6 is 0 Å². The predicted octanol–water partition coefficient (Wildman–Crippen LogP) is -0.890. The Morgan fingerprint density at radius 3 is 3.09 bits per heavy atom. The second-order valence-electron chi connectivity index (χ2n) is 2.33. The summed E-state index contributed by atoms with van der Waals surface area (Å²) in [5, 5.41) is 15.6. The van der Waals surface area contributed by atoms with Gasteiger partial charge in [0.25, 0.3) is 5.88 Å². The van der Waals surface area contributed by atoms with E-state index in [-0.39, 0.29) is 28.9 Å². The molecule has 0 amide bonds. The minimum atomic E-state index is 0. The molecule has 1 aliphatic rings. The van der Waals surface area contributed by atoms with Crippen molar-refractivity contribution in [2.45, 2.75) is 13.0 Å². The summed E-state index contributed by atoms with van der Waals surface area (Å²) in [6.07, 6.45) is 0.810. The Labute approximate surface area is 80.1 Å². The third-order valence-electron chi connectivity index (χ3n) is 1.69. The summed E-state index contributed by atoms with van der Waals surface area (Å²) in [6, 6.07) is 0. The quantitative estimate of drug-likeness (QED) is 0.491. The van der Waals surface area contributed by atoms with Crippen LogP contribution in [0.1, 0.15) is 11.3 Å². The highest BCUT2D eigenvalue weighted by molar-refractivity contribution is 5.75. The fourth-order valence-corrected chi connectivity index (χ4v) is 1.14. The van der Waals surface area contributed by atoms with Crippen molar-refractivity contribution < 1.29 is 9.63 Å². The molecular weight excluding hydrogens is 156 g/mol. The van der Waals surface area contributed by atoms with Gasteiger partial charge in [-0.2, -0.15) is 0 Å². The molecule has 0 saturated heterocycles.